The minimum atomic E-state index is -0.967. The lowest BCUT2D eigenvalue weighted by Crippen LogP contribution is -2.06. The molecule has 0 fully saturated rings. The molecule has 0 aliphatic rings. The molecule has 1 N–H and O–H groups in total. The average Bonchev–Trinajstić information content (AvgIpc) is 2.22. The van der Waals surface area contributed by atoms with Gasteiger partial charge in [-0.15, -0.1) is 0 Å². The maximum Gasteiger partial charge on any atom is 0.336 e. The predicted molar refractivity (Wildman–Crippen MR) is 62.5 cm³/mol. The minimum absolute atomic E-state index is 0.239. The molecule has 88 valence electrons. The molecule has 0 aliphatic heterocycles. The zero-order chi connectivity index (χ0) is 12.1. The van der Waals surface area contributed by atoms with Crippen LogP contribution in [0.4, 0.5) is 0 Å². The lowest BCUT2D eigenvalue weighted by atomic mass is 10.0. The number of hydrogen-bond acceptors (Lipinski definition) is 3. The van der Waals surface area contributed by atoms with Crippen LogP contribution in [-0.4, -0.2) is 25.3 Å². The number of halogens is 1. The normalized spacial score (nSPS) is 10.4. The second-order valence-electron chi connectivity index (χ2n) is 3.27. The number of carboxylic acid groups (broad SMARTS) is 1. The molecule has 4 nitrogen and oxygen atoms in total. The van der Waals surface area contributed by atoms with Crippen molar-refractivity contribution in [1.82, 2.24) is 0 Å². The molecular formula is C11H13BrO4. The van der Waals surface area contributed by atoms with Gasteiger partial charge in [0.1, 0.15) is 0 Å². The molecule has 0 bridgehead atoms. The highest BCUT2D eigenvalue weighted by atomic mass is 79.9. The first-order valence-corrected chi connectivity index (χ1v) is 5.42. The van der Waals surface area contributed by atoms with E-state index >= 15 is 0 Å². The summed E-state index contributed by atoms with van der Waals surface area (Å²) < 4.78 is 10.7. The van der Waals surface area contributed by atoms with Crippen molar-refractivity contribution < 1.29 is 19.4 Å². The zero-order valence-corrected chi connectivity index (χ0v) is 10.7. The third kappa shape index (κ3) is 3.04. The average molecular weight is 289 g/mol. The fourth-order valence-electron chi connectivity index (χ4n) is 1.42. The van der Waals surface area contributed by atoms with Gasteiger partial charge in [0.05, 0.1) is 18.8 Å². The Balaban J connectivity index is 3.22. The maximum atomic E-state index is 11.1. The van der Waals surface area contributed by atoms with E-state index < -0.39 is 5.97 Å². The molecule has 0 unspecified atom stereocenters. The molecule has 1 aromatic carbocycles. The van der Waals surface area contributed by atoms with Gasteiger partial charge in [0.15, 0.2) is 0 Å². The molecule has 0 radical (unpaired) electrons. The summed E-state index contributed by atoms with van der Waals surface area (Å²) in [6.07, 6.45) is 0. The molecule has 1 rings (SSSR count). The molecule has 16 heavy (non-hydrogen) atoms. The van der Waals surface area contributed by atoms with Crippen LogP contribution >= 0.6 is 15.9 Å². The SMILES string of the molecule is COCc1cc(Br)c(COC)c(C(=O)O)c1. The van der Waals surface area contributed by atoms with Gasteiger partial charge in [-0.2, -0.15) is 0 Å². The van der Waals surface area contributed by atoms with Crippen molar-refractivity contribution in [1.29, 1.82) is 0 Å². The van der Waals surface area contributed by atoms with E-state index in [-0.39, 0.29) is 12.2 Å². The summed E-state index contributed by atoms with van der Waals surface area (Å²) in [4.78, 5) is 11.1. The Morgan fingerprint density at radius 3 is 2.44 bits per heavy atom. The van der Waals surface area contributed by atoms with E-state index in [4.69, 9.17) is 14.6 Å². The molecule has 0 spiro atoms. The van der Waals surface area contributed by atoms with Gasteiger partial charge >= 0.3 is 5.97 Å². The van der Waals surface area contributed by atoms with Crippen molar-refractivity contribution in [2.75, 3.05) is 14.2 Å². The maximum absolute atomic E-state index is 11.1. The number of carboxylic acids is 1. The Hall–Kier alpha value is -0.910. The smallest absolute Gasteiger partial charge is 0.336 e. The van der Waals surface area contributed by atoms with Crippen LogP contribution in [0.2, 0.25) is 0 Å². The summed E-state index contributed by atoms with van der Waals surface area (Å²) in [7, 11) is 3.10. The van der Waals surface area contributed by atoms with Gasteiger partial charge in [-0.25, -0.2) is 4.79 Å². The minimum Gasteiger partial charge on any atom is -0.478 e. The van der Waals surface area contributed by atoms with Crippen LogP contribution in [0.5, 0.6) is 0 Å². The predicted octanol–water partition coefficient (Wildman–Crippen LogP) is 2.44. The van der Waals surface area contributed by atoms with Crippen LogP contribution in [0.1, 0.15) is 21.5 Å². The Morgan fingerprint density at radius 2 is 1.94 bits per heavy atom. The number of carbonyl (C=O) groups is 1. The Labute approximate surface area is 102 Å². The van der Waals surface area contributed by atoms with E-state index in [0.29, 0.717) is 12.2 Å². The largest absolute Gasteiger partial charge is 0.478 e. The van der Waals surface area contributed by atoms with Crippen LogP contribution in [0.3, 0.4) is 0 Å². The van der Waals surface area contributed by atoms with Gasteiger partial charge in [0.2, 0.25) is 0 Å². The molecule has 0 aromatic heterocycles. The number of methoxy groups -OCH3 is 2. The number of rotatable bonds is 5. The van der Waals surface area contributed by atoms with Gasteiger partial charge in [0.25, 0.3) is 0 Å². The highest BCUT2D eigenvalue weighted by Crippen LogP contribution is 2.24. The van der Waals surface area contributed by atoms with Gasteiger partial charge < -0.3 is 14.6 Å². The first-order chi connectivity index (χ1) is 7.60. The fourth-order valence-corrected chi connectivity index (χ4v) is 2.05. The van der Waals surface area contributed by atoms with Gasteiger partial charge in [-0.3, -0.25) is 0 Å². The van der Waals surface area contributed by atoms with E-state index in [2.05, 4.69) is 15.9 Å². The summed E-state index contributed by atoms with van der Waals surface area (Å²) >= 11 is 3.34. The van der Waals surface area contributed by atoms with Crippen molar-refractivity contribution in [2.45, 2.75) is 13.2 Å². The van der Waals surface area contributed by atoms with Crippen molar-refractivity contribution in [3.05, 3.63) is 33.3 Å². The molecule has 0 saturated carbocycles. The van der Waals surface area contributed by atoms with Crippen molar-refractivity contribution in [3.63, 3.8) is 0 Å². The molecule has 0 saturated heterocycles. The third-order valence-corrected chi connectivity index (χ3v) is 2.79. The first kappa shape index (κ1) is 13.2. The second kappa shape index (κ2) is 5.98. The number of ether oxygens (including phenoxy) is 2. The molecule has 0 atom stereocenters. The summed E-state index contributed by atoms with van der Waals surface area (Å²) in [6.45, 7) is 0.640. The Bertz CT molecular complexity index is 390. The van der Waals surface area contributed by atoms with Crippen LogP contribution in [0.25, 0.3) is 0 Å². The summed E-state index contributed by atoms with van der Waals surface area (Å²) in [5.74, 6) is -0.967. The number of aromatic carboxylic acids is 1. The monoisotopic (exact) mass is 288 g/mol. The van der Waals surface area contributed by atoms with Gasteiger partial charge in [0, 0.05) is 24.3 Å². The molecule has 0 amide bonds. The van der Waals surface area contributed by atoms with E-state index in [1.54, 1.807) is 13.2 Å². The van der Waals surface area contributed by atoms with Crippen LogP contribution < -0.4 is 0 Å². The third-order valence-electron chi connectivity index (χ3n) is 2.09. The van der Waals surface area contributed by atoms with Crippen molar-refractivity contribution in [2.24, 2.45) is 0 Å². The van der Waals surface area contributed by atoms with Crippen LogP contribution in [-0.2, 0) is 22.7 Å². The van der Waals surface area contributed by atoms with Crippen molar-refractivity contribution >= 4 is 21.9 Å². The highest BCUT2D eigenvalue weighted by molar-refractivity contribution is 9.10. The number of hydrogen-bond donors (Lipinski definition) is 1. The second-order valence-corrected chi connectivity index (χ2v) is 4.13. The molecule has 0 heterocycles. The van der Waals surface area contributed by atoms with Gasteiger partial charge in [-0.05, 0) is 17.7 Å². The quantitative estimate of drug-likeness (QED) is 0.904. The highest BCUT2D eigenvalue weighted by Gasteiger charge is 2.14. The topological polar surface area (TPSA) is 55.8 Å². The van der Waals surface area contributed by atoms with Crippen LogP contribution in [0, 0.1) is 0 Å². The molecule has 5 heteroatoms. The standard InChI is InChI=1S/C11H13BrO4/c1-15-5-7-3-8(11(13)14)9(6-16-2)10(12)4-7/h3-4H,5-6H2,1-2H3,(H,13,14). The zero-order valence-electron chi connectivity index (χ0n) is 9.12. The van der Waals surface area contributed by atoms with Crippen molar-refractivity contribution in [3.8, 4) is 0 Å². The van der Waals surface area contributed by atoms with E-state index in [0.717, 1.165) is 10.0 Å². The van der Waals surface area contributed by atoms with Crippen LogP contribution in [0.15, 0.2) is 16.6 Å². The molecule has 1 aromatic rings. The van der Waals surface area contributed by atoms with Gasteiger partial charge in [-0.1, -0.05) is 15.9 Å². The summed E-state index contributed by atoms with van der Waals surface area (Å²) in [5.41, 5.74) is 1.68. The number of benzene rings is 1. The molecule has 0 aliphatic carbocycles. The van der Waals surface area contributed by atoms with E-state index in [9.17, 15) is 4.79 Å². The molecular weight excluding hydrogens is 276 g/mol. The first-order valence-electron chi connectivity index (χ1n) is 4.62. The van der Waals surface area contributed by atoms with E-state index in [1.165, 1.54) is 7.11 Å². The fraction of sp³-hybridized carbons (Fsp3) is 0.364. The summed E-state index contributed by atoms with van der Waals surface area (Å²) in [6, 6.07) is 3.44. The Kier molecular flexibility index (Phi) is 4.92. The lowest BCUT2D eigenvalue weighted by molar-refractivity contribution is 0.0691. The summed E-state index contributed by atoms with van der Waals surface area (Å²) in [5, 5.41) is 9.09. The van der Waals surface area contributed by atoms with E-state index in [1.807, 2.05) is 6.07 Å². The Morgan fingerprint density at radius 1 is 1.31 bits per heavy atom. The lowest BCUT2D eigenvalue weighted by Gasteiger charge is -2.10.